The van der Waals surface area contributed by atoms with Crippen LogP contribution in [0, 0.1) is 18.8 Å². The van der Waals surface area contributed by atoms with E-state index in [2.05, 4.69) is 55.8 Å². The molecule has 2 atom stereocenters. The van der Waals surface area contributed by atoms with Crippen LogP contribution < -0.4 is 5.32 Å². The highest BCUT2D eigenvalue weighted by atomic mass is 15.3. The zero-order valence-corrected chi connectivity index (χ0v) is 12.7. The Morgan fingerprint density at radius 1 is 1.28 bits per heavy atom. The van der Waals surface area contributed by atoms with E-state index in [1.54, 1.807) is 0 Å². The summed E-state index contributed by atoms with van der Waals surface area (Å²) in [7, 11) is 0. The summed E-state index contributed by atoms with van der Waals surface area (Å²) in [6.07, 6.45) is 2.34. The van der Waals surface area contributed by atoms with Gasteiger partial charge in [0.2, 0.25) is 0 Å². The molecule has 0 aromatic carbocycles. The monoisotopic (exact) mass is 251 g/mol. The highest BCUT2D eigenvalue weighted by Gasteiger charge is 2.15. The molecule has 2 unspecified atom stereocenters. The van der Waals surface area contributed by atoms with E-state index in [4.69, 9.17) is 0 Å². The Balaban J connectivity index is 2.49. The second kappa shape index (κ2) is 7.57. The first kappa shape index (κ1) is 15.2. The summed E-state index contributed by atoms with van der Waals surface area (Å²) in [5.74, 6) is 1.40. The zero-order chi connectivity index (χ0) is 13.5. The molecule has 0 aliphatic rings. The molecule has 1 aromatic rings. The van der Waals surface area contributed by atoms with Crippen molar-refractivity contribution >= 4 is 0 Å². The third-order valence-electron chi connectivity index (χ3n) is 3.68. The Labute approximate surface area is 112 Å². The number of nitrogens with one attached hydrogen (secondary N) is 1. The van der Waals surface area contributed by atoms with Crippen LogP contribution in [-0.4, -0.2) is 22.9 Å². The largest absolute Gasteiger partial charge is 0.316 e. The van der Waals surface area contributed by atoms with Crippen LogP contribution in [0.4, 0.5) is 0 Å². The van der Waals surface area contributed by atoms with Gasteiger partial charge in [-0.2, -0.15) is 5.10 Å². The maximum atomic E-state index is 4.52. The van der Waals surface area contributed by atoms with Gasteiger partial charge >= 0.3 is 0 Å². The maximum Gasteiger partial charge on any atom is 0.0596 e. The van der Waals surface area contributed by atoms with Crippen molar-refractivity contribution in [2.45, 2.75) is 54.0 Å². The lowest BCUT2D eigenvalue weighted by atomic mass is 9.91. The van der Waals surface area contributed by atoms with Crippen LogP contribution in [0.25, 0.3) is 0 Å². The van der Waals surface area contributed by atoms with E-state index in [-0.39, 0.29) is 0 Å². The smallest absolute Gasteiger partial charge is 0.0596 e. The molecule has 0 spiro atoms. The van der Waals surface area contributed by atoms with Crippen molar-refractivity contribution in [3.63, 3.8) is 0 Å². The number of rotatable bonds is 8. The molecule has 0 aliphatic heterocycles. The minimum absolute atomic E-state index is 0.691. The number of hydrogen-bond donors (Lipinski definition) is 1. The summed E-state index contributed by atoms with van der Waals surface area (Å²) in [5.41, 5.74) is 2.51. The van der Waals surface area contributed by atoms with E-state index in [1.807, 2.05) is 0 Å². The first-order valence-electron chi connectivity index (χ1n) is 7.32. The van der Waals surface area contributed by atoms with Crippen LogP contribution in [0.15, 0.2) is 6.07 Å². The van der Waals surface area contributed by atoms with E-state index < -0.39 is 0 Å². The van der Waals surface area contributed by atoms with Crippen molar-refractivity contribution in [3.05, 3.63) is 17.5 Å². The van der Waals surface area contributed by atoms with Crippen LogP contribution in [0.2, 0.25) is 0 Å². The minimum Gasteiger partial charge on any atom is -0.316 e. The van der Waals surface area contributed by atoms with Crippen LogP contribution >= 0.6 is 0 Å². The van der Waals surface area contributed by atoms with Crippen LogP contribution in [0.1, 0.15) is 45.5 Å². The fraction of sp³-hybridized carbons (Fsp3) is 0.800. The van der Waals surface area contributed by atoms with Crippen molar-refractivity contribution in [2.75, 3.05) is 13.1 Å². The topological polar surface area (TPSA) is 29.9 Å². The normalized spacial score (nSPS) is 14.7. The predicted molar refractivity (Wildman–Crippen MR) is 77.8 cm³/mol. The molecule has 0 fully saturated rings. The van der Waals surface area contributed by atoms with Gasteiger partial charge in [-0.25, -0.2) is 0 Å². The summed E-state index contributed by atoms with van der Waals surface area (Å²) in [5, 5.41) is 8.03. The second-order valence-electron chi connectivity index (χ2n) is 5.46. The predicted octanol–water partition coefficient (Wildman–Crippen LogP) is 3.03. The molecular weight excluding hydrogens is 222 g/mol. The molecule has 3 nitrogen and oxygen atoms in total. The third kappa shape index (κ3) is 4.45. The Bertz CT molecular complexity index is 344. The molecular formula is C15H29N3. The molecule has 0 bridgehead atoms. The molecule has 1 N–H and O–H groups in total. The summed E-state index contributed by atoms with van der Waals surface area (Å²) in [6, 6.07) is 2.23. The summed E-state index contributed by atoms with van der Waals surface area (Å²) >= 11 is 0. The van der Waals surface area contributed by atoms with Crippen molar-refractivity contribution in [2.24, 2.45) is 11.8 Å². The van der Waals surface area contributed by atoms with Crippen molar-refractivity contribution < 1.29 is 0 Å². The Hall–Kier alpha value is -0.830. The van der Waals surface area contributed by atoms with Crippen LogP contribution in [0.3, 0.4) is 0 Å². The summed E-state index contributed by atoms with van der Waals surface area (Å²) in [6.45, 7) is 14.4. The van der Waals surface area contributed by atoms with Gasteiger partial charge < -0.3 is 5.32 Å². The molecule has 3 heteroatoms. The maximum absolute atomic E-state index is 4.52. The molecule has 0 radical (unpaired) electrons. The van der Waals surface area contributed by atoms with Gasteiger partial charge in [-0.1, -0.05) is 20.8 Å². The number of hydrogen-bond acceptors (Lipinski definition) is 2. The van der Waals surface area contributed by atoms with Crippen LogP contribution in [-0.2, 0) is 13.0 Å². The molecule has 18 heavy (non-hydrogen) atoms. The first-order valence-corrected chi connectivity index (χ1v) is 7.32. The van der Waals surface area contributed by atoms with Gasteiger partial charge in [0.1, 0.15) is 0 Å². The fourth-order valence-electron chi connectivity index (χ4n) is 2.28. The Morgan fingerprint density at radius 2 is 2.00 bits per heavy atom. The van der Waals surface area contributed by atoms with Crippen molar-refractivity contribution in [1.29, 1.82) is 0 Å². The SMILES string of the molecule is CCCNCC(C)C(C)Cc1cc(C)nn1CC. The lowest BCUT2D eigenvalue weighted by molar-refractivity contribution is 0.357. The first-order chi connectivity index (χ1) is 8.58. The Morgan fingerprint density at radius 3 is 2.61 bits per heavy atom. The standard InChI is InChI=1S/C15H29N3/c1-6-8-16-11-13(4)12(3)9-15-10-14(5)17-18(15)7-2/h10,12-13,16H,6-9,11H2,1-5H3. The molecule has 0 aliphatic carbocycles. The van der Waals surface area contributed by atoms with Gasteiger partial charge in [0.15, 0.2) is 0 Å². The van der Waals surface area contributed by atoms with Gasteiger partial charge in [0, 0.05) is 12.2 Å². The van der Waals surface area contributed by atoms with E-state index in [0.717, 1.165) is 31.7 Å². The molecule has 1 rings (SSSR count). The second-order valence-corrected chi connectivity index (χ2v) is 5.46. The van der Waals surface area contributed by atoms with Crippen molar-refractivity contribution in [3.8, 4) is 0 Å². The summed E-state index contributed by atoms with van der Waals surface area (Å²) in [4.78, 5) is 0. The summed E-state index contributed by atoms with van der Waals surface area (Å²) < 4.78 is 2.14. The van der Waals surface area contributed by atoms with E-state index >= 15 is 0 Å². The lowest BCUT2D eigenvalue weighted by Crippen LogP contribution is -2.27. The molecule has 1 aromatic heterocycles. The van der Waals surface area contributed by atoms with Gasteiger partial charge in [-0.3, -0.25) is 4.68 Å². The van der Waals surface area contributed by atoms with Gasteiger partial charge in [-0.15, -0.1) is 0 Å². The average molecular weight is 251 g/mol. The Kier molecular flexibility index (Phi) is 6.41. The third-order valence-corrected chi connectivity index (χ3v) is 3.68. The van der Waals surface area contributed by atoms with Gasteiger partial charge in [0.05, 0.1) is 5.69 Å². The minimum atomic E-state index is 0.691. The number of aryl methyl sites for hydroxylation is 2. The molecule has 0 saturated heterocycles. The number of nitrogens with zero attached hydrogens (tertiary/aromatic N) is 2. The van der Waals surface area contributed by atoms with E-state index in [9.17, 15) is 0 Å². The molecule has 0 amide bonds. The molecule has 0 saturated carbocycles. The number of aromatic nitrogens is 2. The highest BCUT2D eigenvalue weighted by Crippen LogP contribution is 2.17. The molecule has 104 valence electrons. The fourth-order valence-corrected chi connectivity index (χ4v) is 2.28. The molecule has 1 heterocycles. The van der Waals surface area contributed by atoms with Crippen molar-refractivity contribution in [1.82, 2.24) is 15.1 Å². The highest BCUT2D eigenvalue weighted by molar-refractivity contribution is 5.09. The van der Waals surface area contributed by atoms with E-state index in [0.29, 0.717) is 11.8 Å². The van der Waals surface area contributed by atoms with Gasteiger partial charge in [0.25, 0.3) is 0 Å². The van der Waals surface area contributed by atoms with Gasteiger partial charge in [-0.05, 0) is 57.7 Å². The van der Waals surface area contributed by atoms with Crippen LogP contribution in [0.5, 0.6) is 0 Å². The quantitative estimate of drug-likeness (QED) is 0.720. The lowest BCUT2D eigenvalue weighted by Gasteiger charge is -2.20. The zero-order valence-electron chi connectivity index (χ0n) is 12.7. The van der Waals surface area contributed by atoms with E-state index in [1.165, 1.54) is 12.1 Å². The average Bonchev–Trinajstić information content (AvgIpc) is 2.69.